The van der Waals surface area contributed by atoms with Crippen LogP contribution in [-0.2, 0) is 16.1 Å². The lowest BCUT2D eigenvalue weighted by Gasteiger charge is -2.10. The highest BCUT2D eigenvalue weighted by Crippen LogP contribution is 2.27. The van der Waals surface area contributed by atoms with Gasteiger partial charge in [0, 0.05) is 5.02 Å². The molecule has 2 rings (SSSR count). The molecule has 1 heterocycles. The maximum atomic E-state index is 12.0. The molecule has 0 unspecified atom stereocenters. The van der Waals surface area contributed by atoms with E-state index in [0.717, 1.165) is 0 Å². The van der Waals surface area contributed by atoms with Gasteiger partial charge in [0.2, 0.25) is 5.91 Å². The number of carbonyl (C=O) groups is 2. The van der Waals surface area contributed by atoms with E-state index in [1.807, 2.05) is 0 Å². The minimum atomic E-state index is -0.676. The zero-order valence-corrected chi connectivity index (χ0v) is 13.1. The summed E-state index contributed by atoms with van der Waals surface area (Å²) in [6.45, 7) is -0.106. The zero-order valence-electron chi connectivity index (χ0n) is 12.4. The van der Waals surface area contributed by atoms with Crippen LogP contribution in [0.4, 0.5) is 16.3 Å². The summed E-state index contributed by atoms with van der Waals surface area (Å²) in [7, 11) is 2.71. The zero-order chi connectivity index (χ0) is 16.8. The number of methoxy groups -OCH3 is 2. The second-order valence-corrected chi connectivity index (χ2v) is 4.75. The molecular weight excluding hydrogens is 326 g/mol. The van der Waals surface area contributed by atoms with Crippen molar-refractivity contribution in [1.82, 2.24) is 15.0 Å². The Morgan fingerprint density at radius 1 is 1.30 bits per heavy atom. The van der Waals surface area contributed by atoms with Crippen molar-refractivity contribution < 1.29 is 19.1 Å². The summed E-state index contributed by atoms with van der Waals surface area (Å²) in [5, 5.41) is 12.9. The van der Waals surface area contributed by atoms with Gasteiger partial charge in [0.1, 0.15) is 12.3 Å². The number of benzene rings is 1. The lowest BCUT2D eigenvalue weighted by Crippen LogP contribution is -2.19. The van der Waals surface area contributed by atoms with E-state index in [2.05, 4.69) is 25.7 Å². The molecule has 2 aromatic rings. The SMILES string of the molecule is COC(=O)Nc1cn(CC(=O)Nc2cc(Cl)ccc2OC)nn1. The first-order chi connectivity index (χ1) is 11.0. The number of rotatable bonds is 5. The Hall–Kier alpha value is -2.81. The van der Waals surface area contributed by atoms with E-state index in [0.29, 0.717) is 16.5 Å². The van der Waals surface area contributed by atoms with Crippen molar-refractivity contribution in [2.24, 2.45) is 0 Å². The molecule has 0 aliphatic carbocycles. The average Bonchev–Trinajstić information content (AvgIpc) is 2.94. The van der Waals surface area contributed by atoms with Crippen LogP contribution in [0.15, 0.2) is 24.4 Å². The summed E-state index contributed by atoms with van der Waals surface area (Å²) in [5.41, 5.74) is 0.443. The van der Waals surface area contributed by atoms with E-state index < -0.39 is 6.09 Å². The fourth-order valence-corrected chi connectivity index (χ4v) is 1.88. The molecule has 0 saturated heterocycles. The van der Waals surface area contributed by atoms with E-state index in [9.17, 15) is 9.59 Å². The maximum absolute atomic E-state index is 12.0. The molecule has 0 fully saturated rings. The number of carbonyl (C=O) groups excluding carboxylic acids is 2. The van der Waals surface area contributed by atoms with Gasteiger partial charge in [-0.25, -0.2) is 9.48 Å². The molecule has 9 nitrogen and oxygen atoms in total. The van der Waals surface area contributed by atoms with Gasteiger partial charge in [-0.05, 0) is 18.2 Å². The molecule has 0 atom stereocenters. The van der Waals surface area contributed by atoms with E-state index in [-0.39, 0.29) is 18.3 Å². The van der Waals surface area contributed by atoms with Crippen LogP contribution in [0, 0.1) is 0 Å². The van der Waals surface area contributed by atoms with Crippen molar-refractivity contribution in [2.45, 2.75) is 6.54 Å². The highest BCUT2D eigenvalue weighted by Gasteiger charge is 2.11. The number of ether oxygens (including phenoxy) is 2. The molecule has 1 aromatic heterocycles. The van der Waals surface area contributed by atoms with Gasteiger partial charge in [0.15, 0.2) is 5.82 Å². The number of amides is 2. The predicted molar refractivity (Wildman–Crippen MR) is 82.7 cm³/mol. The summed E-state index contributed by atoms with van der Waals surface area (Å²) in [4.78, 5) is 23.1. The Morgan fingerprint density at radius 2 is 2.09 bits per heavy atom. The number of nitrogens with zero attached hydrogens (tertiary/aromatic N) is 3. The van der Waals surface area contributed by atoms with Crippen LogP contribution in [-0.4, -0.2) is 41.2 Å². The third-order valence-electron chi connectivity index (χ3n) is 2.70. The van der Waals surface area contributed by atoms with Gasteiger partial charge < -0.3 is 14.8 Å². The van der Waals surface area contributed by atoms with Crippen LogP contribution in [0.2, 0.25) is 5.02 Å². The molecule has 23 heavy (non-hydrogen) atoms. The molecular formula is C13H14ClN5O4. The molecule has 10 heteroatoms. The first-order valence-corrected chi connectivity index (χ1v) is 6.78. The normalized spacial score (nSPS) is 10.0. The van der Waals surface area contributed by atoms with Crippen LogP contribution in [0.1, 0.15) is 0 Å². The maximum Gasteiger partial charge on any atom is 0.412 e. The molecule has 2 amide bonds. The van der Waals surface area contributed by atoms with E-state index in [1.54, 1.807) is 18.2 Å². The number of aromatic nitrogens is 3. The number of hydrogen-bond donors (Lipinski definition) is 2. The molecule has 0 aliphatic rings. The van der Waals surface area contributed by atoms with Crippen molar-refractivity contribution in [3.8, 4) is 5.75 Å². The van der Waals surface area contributed by atoms with Crippen LogP contribution in [0.3, 0.4) is 0 Å². The van der Waals surface area contributed by atoms with Crippen molar-refractivity contribution in [3.05, 3.63) is 29.4 Å². The van der Waals surface area contributed by atoms with Crippen molar-refractivity contribution >= 4 is 35.1 Å². The highest BCUT2D eigenvalue weighted by atomic mass is 35.5. The minimum Gasteiger partial charge on any atom is -0.495 e. The summed E-state index contributed by atoms with van der Waals surface area (Å²) in [5.74, 6) is 0.291. The smallest absolute Gasteiger partial charge is 0.412 e. The lowest BCUT2D eigenvalue weighted by molar-refractivity contribution is -0.116. The van der Waals surface area contributed by atoms with Crippen LogP contribution in [0.25, 0.3) is 0 Å². The Kier molecular flexibility index (Phi) is 5.36. The van der Waals surface area contributed by atoms with E-state index >= 15 is 0 Å². The minimum absolute atomic E-state index is 0.106. The van der Waals surface area contributed by atoms with Crippen LogP contribution < -0.4 is 15.4 Å². The average molecular weight is 340 g/mol. The van der Waals surface area contributed by atoms with Gasteiger partial charge in [-0.15, -0.1) is 5.10 Å². The van der Waals surface area contributed by atoms with Crippen LogP contribution >= 0.6 is 11.6 Å². The number of hydrogen-bond acceptors (Lipinski definition) is 6. The van der Waals surface area contributed by atoms with Crippen molar-refractivity contribution in [3.63, 3.8) is 0 Å². The third kappa shape index (κ3) is 4.58. The topological polar surface area (TPSA) is 107 Å². The van der Waals surface area contributed by atoms with Crippen LogP contribution in [0.5, 0.6) is 5.75 Å². The quantitative estimate of drug-likeness (QED) is 0.859. The molecule has 0 aliphatic heterocycles. The Bertz CT molecular complexity index is 718. The molecule has 0 spiro atoms. The monoisotopic (exact) mass is 339 g/mol. The number of nitrogens with one attached hydrogen (secondary N) is 2. The van der Waals surface area contributed by atoms with Gasteiger partial charge in [0.05, 0.1) is 26.1 Å². The van der Waals surface area contributed by atoms with E-state index in [1.165, 1.54) is 25.1 Å². The Labute approximate surface area is 136 Å². The summed E-state index contributed by atoms with van der Waals surface area (Å²) >= 11 is 5.90. The second-order valence-electron chi connectivity index (χ2n) is 4.31. The molecule has 122 valence electrons. The van der Waals surface area contributed by atoms with Gasteiger partial charge in [-0.1, -0.05) is 16.8 Å². The summed E-state index contributed by atoms with van der Waals surface area (Å²) < 4.78 is 10.8. The standard InChI is InChI=1S/C13H14ClN5O4/c1-22-10-4-3-8(14)5-9(10)15-12(20)7-19-6-11(17-18-19)16-13(21)23-2/h3-6H,7H2,1-2H3,(H,15,20)(H,16,21). The fourth-order valence-electron chi connectivity index (χ4n) is 1.70. The summed E-state index contributed by atoms with van der Waals surface area (Å²) in [6, 6.07) is 4.87. The van der Waals surface area contributed by atoms with Crippen molar-refractivity contribution in [1.29, 1.82) is 0 Å². The first-order valence-electron chi connectivity index (χ1n) is 6.40. The van der Waals surface area contributed by atoms with E-state index in [4.69, 9.17) is 16.3 Å². The molecule has 0 radical (unpaired) electrons. The third-order valence-corrected chi connectivity index (χ3v) is 2.93. The highest BCUT2D eigenvalue weighted by molar-refractivity contribution is 6.31. The largest absolute Gasteiger partial charge is 0.495 e. The van der Waals surface area contributed by atoms with Gasteiger partial charge >= 0.3 is 6.09 Å². The van der Waals surface area contributed by atoms with Gasteiger partial charge in [0.25, 0.3) is 0 Å². The molecule has 1 aromatic carbocycles. The van der Waals surface area contributed by atoms with Crippen molar-refractivity contribution in [2.75, 3.05) is 24.9 Å². The number of halogens is 1. The lowest BCUT2D eigenvalue weighted by atomic mass is 10.3. The molecule has 2 N–H and O–H groups in total. The first kappa shape index (κ1) is 16.6. The second kappa shape index (κ2) is 7.45. The Balaban J connectivity index is 2.00. The molecule has 0 saturated carbocycles. The van der Waals surface area contributed by atoms with Gasteiger partial charge in [-0.2, -0.15) is 0 Å². The molecule has 0 bridgehead atoms. The number of anilines is 2. The summed E-state index contributed by atoms with van der Waals surface area (Å²) in [6.07, 6.45) is 0.719. The Morgan fingerprint density at radius 3 is 2.78 bits per heavy atom. The fraction of sp³-hybridized carbons (Fsp3) is 0.231. The van der Waals surface area contributed by atoms with Gasteiger partial charge in [-0.3, -0.25) is 10.1 Å². The predicted octanol–water partition coefficient (Wildman–Crippen LogP) is 1.76.